The molecule has 0 amide bonds. The van der Waals surface area contributed by atoms with Crippen LogP contribution in [0.15, 0.2) is 43.0 Å². The highest BCUT2D eigenvalue weighted by Gasteiger charge is 2.04. The van der Waals surface area contributed by atoms with E-state index in [-0.39, 0.29) is 5.92 Å². The van der Waals surface area contributed by atoms with E-state index in [9.17, 15) is 4.79 Å². The van der Waals surface area contributed by atoms with E-state index in [0.717, 1.165) is 11.8 Å². The lowest BCUT2D eigenvalue weighted by Gasteiger charge is -2.07. The summed E-state index contributed by atoms with van der Waals surface area (Å²) in [7, 11) is 0. The largest absolute Gasteiger partial charge is 0.303 e. The highest BCUT2D eigenvalue weighted by atomic mass is 16.1. The third-order valence-electron chi connectivity index (χ3n) is 1.86. The van der Waals surface area contributed by atoms with E-state index in [0.29, 0.717) is 6.42 Å². The Labute approximate surface area is 72.7 Å². The Morgan fingerprint density at radius 3 is 2.50 bits per heavy atom. The van der Waals surface area contributed by atoms with Crippen molar-refractivity contribution < 1.29 is 4.79 Å². The molecule has 0 aliphatic heterocycles. The number of allylic oxidation sites excluding steroid dienone is 1. The minimum atomic E-state index is 0.170. The van der Waals surface area contributed by atoms with Gasteiger partial charge in [0.05, 0.1) is 0 Å². The first-order valence-electron chi connectivity index (χ1n) is 3.99. The van der Waals surface area contributed by atoms with Crippen molar-refractivity contribution in [1.82, 2.24) is 0 Å². The van der Waals surface area contributed by atoms with Gasteiger partial charge in [-0.2, -0.15) is 0 Å². The van der Waals surface area contributed by atoms with Crippen LogP contribution in [0.25, 0.3) is 0 Å². The molecule has 0 bridgehead atoms. The summed E-state index contributed by atoms with van der Waals surface area (Å²) in [6.45, 7) is 3.70. The number of hydrogen-bond donors (Lipinski definition) is 0. The van der Waals surface area contributed by atoms with Gasteiger partial charge in [-0.3, -0.25) is 0 Å². The maximum Gasteiger partial charge on any atom is 0.120 e. The van der Waals surface area contributed by atoms with E-state index >= 15 is 0 Å². The first-order chi connectivity index (χ1) is 5.88. The van der Waals surface area contributed by atoms with E-state index in [2.05, 4.69) is 6.58 Å². The Morgan fingerprint density at radius 2 is 2.00 bits per heavy atom. The zero-order chi connectivity index (χ0) is 8.81. The van der Waals surface area contributed by atoms with Crippen LogP contribution in [0.2, 0.25) is 0 Å². The summed E-state index contributed by atoms with van der Waals surface area (Å²) >= 11 is 0. The van der Waals surface area contributed by atoms with Gasteiger partial charge in [0.2, 0.25) is 0 Å². The minimum absolute atomic E-state index is 0.170. The number of rotatable bonds is 4. The van der Waals surface area contributed by atoms with Crippen LogP contribution in [-0.2, 0) is 4.79 Å². The molecule has 1 heteroatoms. The van der Waals surface area contributed by atoms with E-state index in [1.54, 1.807) is 0 Å². The van der Waals surface area contributed by atoms with E-state index in [1.807, 2.05) is 36.4 Å². The van der Waals surface area contributed by atoms with Crippen LogP contribution in [0.4, 0.5) is 0 Å². The van der Waals surface area contributed by atoms with Crippen LogP contribution in [-0.4, -0.2) is 6.29 Å². The van der Waals surface area contributed by atoms with Crippen molar-refractivity contribution in [2.75, 3.05) is 0 Å². The predicted molar refractivity (Wildman–Crippen MR) is 50.1 cm³/mol. The topological polar surface area (TPSA) is 17.1 Å². The van der Waals surface area contributed by atoms with Crippen LogP contribution in [0.3, 0.4) is 0 Å². The molecule has 0 saturated heterocycles. The average molecular weight is 160 g/mol. The van der Waals surface area contributed by atoms with Gasteiger partial charge in [0.15, 0.2) is 0 Å². The van der Waals surface area contributed by atoms with Gasteiger partial charge in [-0.25, -0.2) is 0 Å². The minimum Gasteiger partial charge on any atom is -0.303 e. The van der Waals surface area contributed by atoms with Gasteiger partial charge in [-0.1, -0.05) is 36.4 Å². The smallest absolute Gasteiger partial charge is 0.120 e. The number of carbonyl (C=O) groups excluding carboxylic acids is 1. The summed E-state index contributed by atoms with van der Waals surface area (Å²) in [5, 5.41) is 0. The van der Waals surface area contributed by atoms with Gasteiger partial charge in [-0.05, 0) is 5.56 Å². The Hall–Kier alpha value is -1.37. The lowest BCUT2D eigenvalue weighted by molar-refractivity contribution is -0.108. The SMILES string of the molecule is C=CC(CC=O)c1ccccc1. The molecule has 12 heavy (non-hydrogen) atoms. The quantitative estimate of drug-likeness (QED) is 0.488. The molecule has 0 heterocycles. The van der Waals surface area contributed by atoms with Gasteiger partial charge < -0.3 is 4.79 Å². The molecule has 1 aromatic carbocycles. The molecule has 1 aromatic rings. The first-order valence-corrected chi connectivity index (χ1v) is 3.99. The Balaban J connectivity index is 2.79. The number of hydrogen-bond acceptors (Lipinski definition) is 1. The third-order valence-corrected chi connectivity index (χ3v) is 1.86. The van der Waals surface area contributed by atoms with Crippen molar-refractivity contribution in [2.24, 2.45) is 0 Å². The fourth-order valence-corrected chi connectivity index (χ4v) is 1.17. The zero-order valence-electron chi connectivity index (χ0n) is 6.94. The fourth-order valence-electron chi connectivity index (χ4n) is 1.17. The van der Waals surface area contributed by atoms with Crippen LogP contribution in [0, 0.1) is 0 Å². The van der Waals surface area contributed by atoms with Crippen molar-refractivity contribution in [2.45, 2.75) is 12.3 Å². The highest BCUT2D eigenvalue weighted by Crippen LogP contribution is 2.18. The van der Waals surface area contributed by atoms with Crippen molar-refractivity contribution >= 4 is 6.29 Å². The summed E-state index contributed by atoms with van der Waals surface area (Å²) in [6.07, 6.45) is 3.26. The van der Waals surface area contributed by atoms with Gasteiger partial charge in [0, 0.05) is 12.3 Å². The predicted octanol–water partition coefficient (Wildman–Crippen LogP) is 2.55. The van der Waals surface area contributed by atoms with Gasteiger partial charge >= 0.3 is 0 Å². The molecule has 0 radical (unpaired) electrons. The van der Waals surface area contributed by atoms with Crippen LogP contribution >= 0.6 is 0 Å². The van der Waals surface area contributed by atoms with Crippen LogP contribution in [0.1, 0.15) is 17.9 Å². The average Bonchev–Trinajstić information content (AvgIpc) is 2.15. The Morgan fingerprint density at radius 1 is 1.33 bits per heavy atom. The zero-order valence-corrected chi connectivity index (χ0v) is 6.94. The Bertz CT molecular complexity index is 251. The van der Waals surface area contributed by atoms with E-state index in [4.69, 9.17) is 0 Å². The molecule has 1 rings (SSSR count). The van der Waals surface area contributed by atoms with Crippen molar-refractivity contribution in [3.63, 3.8) is 0 Å². The molecular formula is C11H12O. The van der Waals surface area contributed by atoms with Crippen molar-refractivity contribution in [1.29, 1.82) is 0 Å². The summed E-state index contributed by atoms with van der Waals surface area (Å²) in [6, 6.07) is 9.92. The molecule has 1 atom stereocenters. The molecule has 0 aliphatic carbocycles. The standard InChI is InChI=1S/C11H12O/c1-2-10(8-9-12)11-6-4-3-5-7-11/h2-7,9-10H,1,8H2. The summed E-state index contributed by atoms with van der Waals surface area (Å²) < 4.78 is 0. The molecule has 1 unspecified atom stereocenters. The molecule has 0 saturated carbocycles. The molecule has 1 nitrogen and oxygen atoms in total. The second kappa shape index (κ2) is 4.50. The molecule has 0 aliphatic rings. The third kappa shape index (κ3) is 2.06. The second-order valence-corrected chi connectivity index (χ2v) is 2.66. The molecule has 0 spiro atoms. The normalized spacial score (nSPS) is 12.0. The van der Waals surface area contributed by atoms with E-state index < -0.39 is 0 Å². The lowest BCUT2D eigenvalue weighted by Crippen LogP contribution is -1.94. The summed E-state index contributed by atoms with van der Waals surface area (Å²) in [5.41, 5.74) is 1.15. The van der Waals surface area contributed by atoms with Crippen molar-refractivity contribution in [3.05, 3.63) is 48.6 Å². The first kappa shape index (κ1) is 8.72. The van der Waals surface area contributed by atoms with Gasteiger partial charge in [0.25, 0.3) is 0 Å². The van der Waals surface area contributed by atoms with E-state index in [1.165, 1.54) is 0 Å². The lowest BCUT2D eigenvalue weighted by atomic mass is 9.97. The summed E-state index contributed by atoms with van der Waals surface area (Å²) in [5.74, 6) is 0.170. The molecular weight excluding hydrogens is 148 g/mol. The fraction of sp³-hybridized carbons (Fsp3) is 0.182. The summed E-state index contributed by atoms with van der Waals surface area (Å²) in [4.78, 5) is 10.3. The molecule has 0 aromatic heterocycles. The van der Waals surface area contributed by atoms with Crippen molar-refractivity contribution in [3.8, 4) is 0 Å². The van der Waals surface area contributed by atoms with Gasteiger partial charge in [-0.15, -0.1) is 6.58 Å². The van der Waals surface area contributed by atoms with Gasteiger partial charge in [0.1, 0.15) is 6.29 Å². The van der Waals surface area contributed by atoms with Crippen LogP contribution in [0.5, 0.6) is 0 Å². The highest BCUT2D eigenvalue weighted by molar-refractivity contribution is 5.52. The second-order valence-electron chi connectivity index (χ2n) is 2.66. The molecule has 0 N–H and O–H groups in total. The van der Waals surface area contributed by atoms with Crippen LogP contribution < -0.4 is 0 Å². The number of benzene rings is 1. The molecule has 62 valence electrons. The Kier molecular flexibility index (Phi) is 3.27. The maximum atomic E-state index is 10.3. The molecule has 0 fully saturated rings. The number of aldehydes is 1. The maximum absolute atomic E-state index is 10.3. The monoisotopic (exact) mass is 160 g/mol. The number of carbonyl (C=O) groups is 1.